The van der Waals surface area contributed by atoms with E-state index in [-0.39, 0.29) is 18.2 Å². The van der Waals surface area contributed by atoms with Gasteiger partial charge < -0.3 is 14.2 Å². The molecule has 0 aromatic heterocycles. The van der Waals surface area contributed by atoms with Crippen molar-refractivity contribution in [1.82, 2.24) is 9.80 Å². The highest BCUT2D eigenvalue weighted by Crippen LogP contribution is 2.34. The Morgan fingerprint density at radius 1 is 1.08 bits per heavy atom. The molecule has 2 atom stereocenters. The second-order valence-corrected chi connectivity index (χ2v) is 7.55. The van der Waals surface area contributed by atoms with E-state index < -0.39 is 0 Å². The van der Waals surface area contributed by atoms with E-state index in [1.807, 2.05) is 23.1 Å². The van der Waals surface area contributed by atoms with E-state index in [0.717, 1.165) is 18.7 Å². The van der Waals surface area contributed by atoms with E-state index in [0.29, 0.717) is 24.1 Å². The van der Waals surface area contributed by atoms with E-state index in [9.17, 15) is 4.79 Å². The summed E-state index contributed by atoms with van der Waals surface area (Å²) >= 11 is 0. The van der Waals surface area contributed by atoms with Gasteiger partial charge in [-0.2, -0.15) is 0 Å². The number of methoxy groups -OCH3 is 2. The second kappa shape index (κ2) is 7.35. The molecule has 2 aliphatic heterocycles. The normalized spacial score (nSPS) is 26.7. The number of hydrogen-bond donors (Lipinski definition) is 0. The largest absolute Gasteiger partial charge is 0.493 e. The number of likely N-dealkylation sites (tertiary alicyclic amines) is 1. The number of carbonyl (C=O) groups is 1. The number of rotatable bonds is 5. The van der Waals surface area contributed by atoms with Gasteiger partial charge in [-0.05, 0) is 30.5 Å². The van der Waals surface area contributed by atoms with Gasteiger partial charge in [0.05, 0.1) is 20.3 Å². The number of fused-ring (bicyclic) bond motifs is 1. The molecule has 0 radical (unpaired) electrons. The number of nitrogens with zero attached hydrogens (tertiary/aromatic N) is 2. The van der Waals surface area contributed by atoms with Gasteiger partial charge in [0.25, 0.3) is 0 Å². The fourth-order valence-electron chi connectivity index (χ4n) is 4.63. The van der Waals surface area contributed by atoms with Crippen LogP contribution < -0.4 is 9.47 Å². The summed E-state index contributed by atoms with van der Waals surface area (Å²) in [5.74, 6) is 1.38. The van der Waals surface area contributed by atoms with Crippen LogP contribution in [0.15, 0.2) is 18.2 Å². The highest BCUT2D eigenvalue weighted by atomic mass is 16.6. The van der Waals surface area contributed by atoms with Crippen molar-refractivity contribution in [1.29, 1.82) is 0 Å². The van der Waals surface area contributed by atoms with Gasteiger partial charge in [-0.25, -0.2) is 4.79 Å². The zero-order valence-electron chi connectivity index (χ0n) is 15.6. The van der Waals surface area contributed by atoms with Gasteiger partial charge in [0.2, 0.25) is 0 Å². The van der Waals surface area contributed by atoms with Crippen LogP contribution >= 0.6 is 0 Å². The molecule has 3 aliphatic rings. The first kappa shape index (κ1) is 17.5. The Hall–Kier alpha value is -1.95. The van der Waals surface area contributed by atoms with Crippen LogP contribution in [0.1, 0.15) is 37.7 Å². The van der Waals surface area contributed by atoms with Crippen LogP contribution in [0.3, 0.4) is 0 Å². The van der Waals surface area contributed by atoms with E-state index in [2.05, 4.69) is 4.90 Å². The van der Waals surface area contributed by atoms with E-state index >= 15 is 0 Å². The molecule has 1 aliphatic carbocycles. The summed E-state index contributed by atoms with van der Waals surface area (Å²) in [6.07, 6.45) is 6.38. The third kappa shape index (κ3) is 3.22. The quantitative estimate of drug-likeness (QED) is 0.808. The summed E-state index contributed by atoms with van der Waals surface area (Å²) in [6.45, 7) is 2.34. The van der Waals surface area contributed by atoms with E-state index in [4.69, 9.17) is 14.2 Å². The topological polar surface area (TPSA) is 51.2 Å². The number of benzene rings is 1. The first-order chi connectivity index (χ1) is 12.7. The molecular formula is C20H28N2O4. The van der Waals surface area contributed by atoms with E-state index in [1.54, 1.807) is 14.2 Å². The molecule has 26 heavy (non-hydrogen) atoms. The smallest absolute Gasteiger partial charge is 0.410 e. The number of carbonyl (C=O) groups excluding carboxylic acids is 1. The maximum Gasteiger partial charge on any atom is 0.410 e. The van der Waals surface area contributed by atoms with Crippen molar-refractivity contribution in [3.8, 4) is 11.5 Å². The molecule has 2 heterocycles. The first-order valence-electron chi connectivity index (χ1n) is 9.62. The zero-order valence-corrected chi connectivity index (χ0v) is 15.6. The average Bonchev–Trinajstić information content (AvgIpc) is 3.21. The maximum atomic E-state index is 12.4. The Morgan fingerprint density at radius 2 is 1.85 bits per heavy atom. The van der Waals surface area contributed by atoms with Crippen molar-refractivity contribution in [2.75, 3.05) is 27.3 Å². The average molecular weight is 360 g/mol. The Kier molecular flexibility index (Phi) is 4.94. The molecule has 2 saturated heterocycles. The molecule has 1 aromatic carbocycles. The summed E-state index contributed by atoms with van der Waals surface area (Å²) < 4.78 is 16.4. The lowest BCUT2D eigenvalue weighted by molar-refractivity contribution is 0.103. The molecule has 3 fully saturated rings. The first-order valence-corrected chi connectivity index (χ1v) is 9.62. The van der Waals surface area contributed by atoms with Crippen LogP contribution in [0, 0.1) is 0 Å². The molecule has 1 aromatic rings. The Labute approximate surface area is 155 Å². The van der Waals surface area contributed by atoms with Crippen molar-refractivity contribution < 1.29 is 19.0 Å². The van der Waals surface area contributed by atoms with Gasteiger partial charge in [0.15, 0.2) is 11.5 Å². The van der Waals surface area contributed by atoms with Crippen LogP contribution in [0.2, 0.25) is 0 Å². The van der Waals surface area contributed by atoms with Gasteiger partial charge in [-0.3, -0.25) is 9.80 Å². The Bertz CT molecular complexity index is 659. The number of hydrogen-bond acceptors (Lipinski definition) is 5. The molecule has 0 bridgehead atoms. The minimum Gasteiger partial charge on any atom is -0.493 e. The zero-order chi connectivity index (χ0) is 18.1. The van der Waals surface area contributed by atoms with Crippen LogP contribution in [-0.2, 0) is 11.3 Å². The summed E-state index contributed by atoms with van der Waals surface area (Å²) in [6, 6.07) is 6.62. The van der Waals surface area contributed by atoms with E-state index in [1.165, 1.54) is 32.1 Å². The second-order valence-electron chi connectivity index (χ2n) is 7.55. The van der Waals surface area contributed by atoms with Crippen molar-refractivity contribution in [3.63, 3.8) is 0 Å². The lowest BCUT2D eigenvalue weighted by Gasteiger charge is -2.32. The molecule has 4 rings (SSSR count). The molecule has 6 heteroatoms. The predicted octanol–water partition coefficient (Wildman–Crippen LogP) is 3.04. The molecule has 0 unspecified atom stereocenters. The van der Waals surface area contributed by atoms with Crippen molar-refractivity contribution in [2.24, 2.45) is 0 Å². The van der Waals surface area contributed by atoms with Crippen molar-refractivity contribution >= 4 is 6.09 Å². The van der Waals surface area contributed by atoms with Crippen molar-refractivity contribution in [2.45, 2.75) is 56.8 Å². The monoisotopic (exact) mass is 360 g/mol. The maximum absolute atomic E-state index is 12.4. The number of amides is 1. The summed E-state index contributed by atoms with van der Waals surface area (Å²) in [4.78, 5) is 16.8. The van der Waals surface area contributed by atoms with Gasteiger partial charge in [-0.15, -0.1) is 0 Å². The van der Waals surface area contributed by atoms with Gasteiger partial charge in [0.1, 0.15) is 6.10 Å². The summed E-state index contributed by atoms with van der Waals surface area (Å²) in [5, 5.41) is 0. The minimum atomic E-state index is -0.196. The fourth-order valence-corrected chi connectivity index (χ4v) is 4.63. The minimum absolute atomic E-state index is 0.00423. The molecule has 0 N–H and O–H groups in total. The summed E-state index contributed by atoms with van der Waals surface area (Å²) in [5.41, 5.74) is 1.02. The van der Waals surface area contributed by atoms with Gasteiger partial charge >= 0.3 is 6.09 Å². The number of ether oxygens (including phenoxy) is 3. The third-order valence-corrected chi connectivity index (χ3v) is 6.04. The predicted molar refractivity (Wildman–Crippen MR) is 97.6 cm³/mol. The standard InChI is InChI=1S/C20H28N2O4/c1-24-17-9-8-14(10-18(17)25-2)11-22-16-12-21(13-19(16)26-20(22)23)15-6-4-3-5-7-15/h8-10,15-16,19H,3-7,11-13H2,1-2H3/t16-,19+/m0/s1. The molecule has 142 valence electrons. The third-order valence-electron chi connectivity index (χ3n) is 6.04. The lowest BCUT2D eigenvalue weighted by atomic mass is 9.94. The summed E-state index contributed by atoms with van der Waals surface area (Å²) in [7, 11) is 3.25. The lowest BCUT2D eigenvalue weighted by Crippen LogP contribution is -2.40. The van der Waals surface area contributed by atoms with Crippen LogP contribution in [-0.4, -0.2) is 61.4 Å². The highest BCUT2D eigenvalue weighted by molar-refractivity contribution is 5.71. The van der Waals surface area contributed by atoms with Crippen molar-refractivity contribution in [3.05, 3.63) is 23.8 Å². The van der Waals surface area contributed by atoms with Crippen LogP contribution in [0.4, 0.5) is 4.79 Å². The molecule has 0 spiro atoms. The van der Waals surface area contributed by atoms with Gasteiger partial charge in [0, 0.05) is 25.7 Å². The molecule has 1 amide bonds. The molecule has 6 nitrogen and oxygen atoms in total. The fraction of sp³-hybridized carbons (Fsp3) is 0.650. The molecular weight excluding hydrogens is 332 g/mol. The SMILES string of the molecule is COc1ccc(CN2C(=O)O[C@@H]3CN(C4CCCCC4)C[C@@H]32)cc1OC. The molecule has 1 saturated carbocycles. The highest BCUT2D eigenvalue weighted by Gasteiger charge is 2.48. The Morgan fingerprint density at radius 3 is 2.58 bits per heavy atom. The van der Waals surface area contributed by atoms with Crippen LogP contribution in [0.5, 0.6) is 11.5 Å². The van der Waals surface area contributed by atoms with Crippen LogP contribution in [0.25, 0.3) is 0 Å². The van der Waals surface area contributed by atoms with Gasteiger partial charge in [-0.1, -0.05) is 25.3 Å². The Balaban J connectivity index is 1.46.